The summed E-state index contributed by atoms with van der Waals surface area (Å²) >= 11 is 0. The Morgan fingerprint density at radius 1 is 0.968 bits per heavy atom. The largest absolute Gasteiger partial charge is 0.445 e. The van der Waals surface area contributed by atoms with E-state index in [9.17, 15) is 9.59 Å². The van der Waals surface area contributed by atoms with E-state index in [-0.39, 0.29) is 17.7 Å². The third-order valence-corrected chi connectivity index (χ3v) is 6.31. The van der Waals surface area contributed by atoms with Gasteiger partial charge in [0.15, 0.2) is 11.6 Å². The van der Waals surface area contributed by atoms with Crippen LogP contribution < -0.4 is 0 Å². The molecular weight excluding hydrogens is 390 g/mol. The summed E-state index contributed by atoms with van der Waals surface area (Å²) in [5, 5.41) is 0. The molecule has 1 aromatic carbocycles. The van der Waals surface area contributed by atoms with Gasteiger partial charge < -0.3 is 14.2 Å². The van der Waals surface area contributed by atoms with Gasteiger partial charge in [0.2, 0.25) is 5.91 Å². The number of likely N-dealkylation sites (tertiary alicyclic amines) is 2. The average molecular weight is 422 g/mol. The first-order valence-corrected chi connectivity index (χ1v) is 11.3. The highest BCUT2D eigenvalue weighted by atomic mass is 16.4. The first kappa shape index (κ1) is 21.3. The molecule has 164 valence electrons. The van der Waals surface area contributed by atoms with Gasteiger partial charge in [-0.2, -0.15) is 0 Å². The third kappa shape index (κ3) is 5.06. The van der Waals surface area contributed by atoms with Gasteiger partial charge in [0.1, 0.15) is 5.76 Å². The molecule has 0 atom stereocenters. The summed E-state index contributed by atoms with van der Waals surface area (Å²) in [4.78, 5) is 33.7. The number of oxazole rings is 1. The highest BCUT2D eigenvalue weighted by Crippen LogP contribution is 2.29. The molecule has 0 radical (unpaired) electrons. The van der Waals surface area contributed by atoms with Gasteiger partial charge in [-0.1, -0.05) is 29.8 Å². The van der Waals surface area contributed by atoms with Crippen LogP contribution in [0.4, 0.5) is 0 Å². The minimum Gasteiger partial charge on any atom is -0.445 e. The van der Waals surface area contributed by atoms with Crippen LogP contribution in [-0.4, -0.2) is 52.8 Å². The second kappa shape index (κ2) is 9.50. The lowest BCUT2D eigenvalue weighted by atomic mass is 9.96. The van der Waals surface area contributed by atoms with Crippen LogP contribution in [0.15, 0.2) is 34.8 Å². The lowest BCUT2D eigenvalue weighted by molar-refractivity contribution is -0.127. The Hall–Kier alpha value is -2.89. The van der Waals surface area contributed by atoms with Crippen molar-refractivity contribution in [1.29, 1.82) is 0 Å². The van der Waals surface area contributed by atoms with Gasteiger partial charge in [0.05, 0.1) is 0 Å². The maximum absolute atomic E-state index is 12.8. The third-order valence-electron chi connectivity index (χ3n) is 6.31. The molecule has 2 saturated heterocycles. The second-order valence-electron chi connectivity index (χ2n) is 8.65. The molecule has 0 unspecified atom stereocenters. The Bertz CT molecular complexity index is 947. The minimum absolute atomic E-state index is 0.0129. The number of carbonyl (C=O) groups excluding carboxylic acids is 2. The number of rotatable bonds is 4. The molecule has 3 heterocycles. The summed E-state index contributed by atoms with van der Waals surface area (Å²) in [6.07, 6.45) is 8.40. The maximum atomic E-state index is 12.8. The highest BCUT2D eigenvalue weighted by molar-refractivity contribution is 5.93. The van der Waals surface area contributed by atoms with E-state index in [1.807, 2.05) is 54.0 Å². The zero-order valence-corrected chi connectivity index (χ0v) is 18.5. The normalized spacial score (nSPS) is 18.0. The molecule has 2 aliphatic rings. The molecule has 2 aliphatic heterocycles. The Morgan fingerprint density at radius 2 is 1.65 bits per heavy atom. The summed E-state index contributed by atoms with van der Waals surface area (Å²) in [5.41, 5.74) is 2.68. The number of aryl methyl sites for hydroxylation is 2. The van der Waals surface area contributed by atoms with E-state index in [1.54, 1.807) is 6.08 Å². The van der Waals surface area contributed by atoms with Crippen LogP contribution in [0, 0.1) is 13.8 Å². The smallest absolute Gasteiger partial charge is 0.276 e. The standard InChI is InChI=1S/C25H31N3O3/c1-18-6-8-20(9-7-18)10-11-22(29)27-16-12-21(13-17-27)24-26-23(19(2)31-24)25(30)28-14-4-3-5-15-28/h6-11,21H,3-5,12-17H2,1-2H3/b11-10+. The summed E-state index contributed by atoms with van der Waals surface area (Å²) < 4.78 is 5.90. The van der Waals surface area contributed by atoms with Gasteiger partial charge in [0, 0.05) is 38.2 Å². The van der Waals surface area contributed by atoms with Crippen molar-refractivity contribution in [2.75, 3.05) is 26.2 Å². The molecule has 0 saturated carbocycles. The number of nitrogens with zero attached hydrogens (tertiary/aromatic N) is 3. The van der Waals surface area contributed by atoms with Crippen molar-refractivity contribution in [1.82, 2.24) is 14.8 Å². The SMILES string of the molecule is Cc1ccc(/C=C/C(=O)N2CCC(c3nc(C(=O)N4CCCCC4)c(C)o3)CC2)cc1. The Labute approximate surface area is 183 Å². The molecule has 2 fully saturated rings. The molecule has 31 heavy (non-hydrogen) atoms. The van der Waals surface area contributed by atoms with Crippen LogP contribution >= 0.6 is 0 Å². The molecule has 2 amide bonds. The first-order chi connectivity index (χ1) is 15.0. The fourth-order valence-electron chi connectivity index (χ4n) is 4.33. The molecule has 0 bridgehead atoms. The van der Waals surface area contributed by atoms with Crippen LogP contribution in [0.3, 0.4) is 0 Å². The van der Waals surface area contributed by atoms with E-state index in [0.717, 1.165) is 44.3 Å². The number of piperidine rings is 2. The average Bonchev–Trinajstić information content (AvgIpc) is 3.20. The predicted molar refractivity (Wildman–Crippen MR) is 120 cm³/mol. The fraction of sp³-hybridized carbons (Fsp3) is 0.480. The fourth-order valence-corrected chi connectivity index (χ4v) is 4.33. The second-order valence-corrected chi connectivity index (χ2v) is 8.65. The molecule has 4 rings (SSSR count). The van der Waals surface area contributed by atoms with Gasteiger partial charge in [-0.25, -0.2) is 4.98 Å². The molecule has 0 aliphatic carbocycles. The van der Waals surface area contributed by atoms with Gasteiger partial charge in [-0.05, 0) is 57.6 Å². The van der Waals surface area contributed by atoms with Crippen molar-refractivity contribution >= 4 is 17.9 Å². The lowest BCUT2D eigenvalue weighted by Gasteiger charge is -2.29. The Balaban J connectivity index is 1.33. The van der Waals surface area contributed by atoms with E-state index in [0.29, 0.717) is 30.4 Å². The van der Waals surface area contributed by atoms with Crippen LogP contribution in [0.2, 0.25) is 0 Å². The van der Waals surface area contributed by atoms with Gasteiger partial charge in [-0.15, -0.1) is 0 Å². The minimum atomic E-state index is -0.0129. The molecule has 0 N–H and O–H groups in total. The van der Waals surface area contributed by atoms with Gasteiger partial charge >= 0.3 is 0 Å². The number of carbonyl (C=O) groups is 2. The summed E-state index contributed by atoms with van der Waals surface area (Å²) in [6.45, 7) is 6.80. The van der Waals surface area contributed by atoms with E-state index in [4.69, 9.17) is 4.42 Å². The van der Waals surface area contributed by atoms with Crippen molar-refractivity contribution in [3.8, 4) is 0 Å². The van der Waals surface area contributed by atoms with Crippen molar-refractivity contribution in [2.24, 2.45) is 0 Å². The molecule has 0 spiro atoms. The number of hydrogen-bond donors (Lipinski definition) is 0. The number of aromatic nitrogens is 1. The zero-order chi connectivity index (χ0) is 21.8. The molecule has 1 aromatic heterocycles. The van der Waals surface area contributed by atoms with Crippen molar-refractivity contribution in [3.63, 3.8) is 0 Å². The summed E-state index contributed by atoms with van der Waals surface area (Å²) in [7, 11) is 0. The van der Waals surface area contributed by atoms with E-state index >= 15 is 0 Å². The Morgan fingerprint density at radius 3 is 2.32 bits per heavy atom. The van der Waals surface area contributed by atoms with Crippen LogP contribution in [0.1, 0.15) is 71.3 Å². The quantitative estimate of drug-likeness (QED) is 0.689. The molecule has 6 heteroatoms. The lowest BCUT2D eigenvalue weighted by Crippen LogP contribution is -2.37. The van der Waals surface area contributed by atoms with Gasteiger partial charge in [0.25, 0.3) is 5.91 Å². The predicted octanol–water partition coefficient (Wildman–Crippen LogP) is 4.34. The van der Waals surface area contributed by atoms with Crippen molar-refractivity contribution in [2.45, 2.75) is 51.9 Å². The molecule has 6 nitrogen and oxygen atoms in total. The van der Waals surface area contributed by atoms with Crippen molar-refractivity contribution < 1.29 is 14.0 Å². The van der Waals surface area contributed by atoms with E-state index < -0.39 is 0 Å². The molecular formula is C25H31N3O3. The van der Waals surface area contributed by atoms with Crippen LogP contribution in [0.25, 0.3) is 6.08 Å². The van der Waals surface area contributed by atoms with E-state index in [1.165, 1.54) is 12.0 Å². The van der Waals surface area contributed by atoms with Gasteiger partial charge in [-0.3, -0.25) is 9.59 Å². The number of benzene rings is 1. The van der Waals surface area contributed by atoms with E-state index in [2.05, 4.69) is 4.98 Å². The Kier molecular flexibility index (Phi) is 6.54. The van der Waals surface area contributed by atoms with Crippen LogP contribution in [-0.2, 0) is 4.79 Å². The number of amides is 2. The topological polar surface area (TPSA) is 66.7 Å². The highest BCUT2D eigenvalue weighted by Gasteiger charge is 2.29. The maximum Gasteiger partial charge on any atom is 0.276 e. The number of hydrogen-bond acceptors (Lipinski definition) is 4. The molecule has 2 aromatic rings. The zero-order valence-electron chi connectivity index (χ0n) is 18.5. The summed E-state index contributed by atoms with van der Waals surface area (Å²) in [5.74, 6) is 1.40. The van der Waals surface area contributed by atoms with Crippen LogP contribution in [0.5, 0.6) is 0 Å². The van der Waals surface area contributed by atoms with Crippen molar-refractivity contribution in [3.05, 3.63) is 58.8 Å². The first-order valence-electron chi connectivity index (χ1n) is 11.3. The monoisotopic (exact) mass is 421 g/mol. The summed E-state index contributed by atoms with van der Waals surface area (Å²) in [6, 6.07) is 8.11.